The summed E-state index contributed by atoms with van der Waals surface area (Å²) >= 11 is 0. The molecule has 0 bridgehead atoms. The molecule has 0 unspecified atom stereocenters. The van der Waals surface area contributed by atoms with Crippen molar-refractivity contribution in [3.8, 4) is 0 Å². The van der Waals surface area contributed by atoms with Gasteiger partial charge in [-0.25, -0.2) is 4.79 Å². The summed E-state index contributed by atoms with van der Waals surface area (Å²) in [6.07, 6.45) is 4.10. The van der Waals surface area contributed by atoms with Gasteiger partial charge in [-0.1, -0.05) is 42.5 Å². The number of hydrogen-bond acceptors (Lipinski definition) is 3. The van der Waals surface area contributed by atoms with E-state index in [2.05, 4.69) is 34.9 Å². The van der Waals surface area contributed by atoms with Crippen LogP contribution in [0.3, 0.4) is 0 Å². The van der Waals surface area contributed by atoms with Crippen molar-refractivity contribution >= 4 is 22.8 Å². The zero-order chi connectivity index (χ0) is 20.9. The lowest BCUT2D eigenvalue weighted by Crippen LogP contribution is -2.51. The zero-order valence-corrected chi connectivity index (χ0v) is 17.2. The smallest absolute Gasteiger partial charge is 0.409 e. The minimum absolute atomic E-state index is 0.0818. The van der Waals surface area contributed by atoms with Gasteiger partial charge in [-0.2, -0.15) is 0 Å². The molecule has 30 heavy (non-hydrogen) atoms. The van der Waals surface area contributed by atoms with Crippen molar-refractivity contribution < 1.29 is 14.3 Å². The number of ether oxygens (including phenoxy) is 1. The third kappa shape index (κ3) is 4.17. The van der Waals surface area contributed by atoms with E-state index in [0.717, 1.165) is 5.56 Å². The predicted molar refractivity (Wildman–Crippen MR) is 116 cm³/mol. The fourth-order valence-electron chi connectivity index (χ4n) is 4.12. The molecule has 3 aromatic rings. The first-order valence-electron chi connectivity index (χ1n) is 10.5. The van der Waals surface area contributed by atoms with Gasteiger partial charge < -0.3 is 19.1 Å². The summed E-state index contributed by atoms with van der Waals surface area (Å²) in [5.41, 5.74) is 1.14. The molecular weight excluding hydrogens is 378 g/mol. The maximum absolute atomic E-state index is 13.2. The van der Waals surface area contributed by atoms with Crippen molar-refractivity contribution in [1.82, 2.24) is 14.4 Å². The second kappa shape index (κ2) is 9.03. The Morgan fingerprint density at radius 3 is 2.30 bits per heavy atom. The van der Waals surface area contributed by atoms with Gasteiger partial charge in [0, 0.05) is 38.6 Å². The van der Waals surface area contributed by atoms with Crippen LogP contribution in [-0.4, -0.2) is 59.2 Å². The average molecular weight is 405 g/mol. The SMILES string of the molecule is CCOC(=O)N1CCN(C(=O)C[C@@H](c2cccc3ccccc23)n2cccc2)CC1. The molecule has 0 saturated carbocycles. The lowest BCUT2D eigenvalue weighted by Gasteiger charge is -2.35. The van der Waals surface area contributed by atoms with Gasteiger partial charge in [0.05, 0.1) is 19.1 Å². The number of hydrogen-bond donors (Lipinski definition) is 0. The normalized spacial score (nSPS) is 15.2. The summed E-state index contributed by atoms with van der Waals surface area (Å²) in [4.78, 5) is 28.6. The summed E-state index contributed by atoms with van der Waals surface area (Å²) in [7, 11) is 0. The van der Waals surface area contributed by atoms with E-state index in [1.54, 1.807) is 11.8 Å². The predicted octanol–water partition coefficient (Wildman–Crippen LogP) is 3.92. The first kappa shape index (κ1) is 20.0. The number of rotatable bonds is 5. The molecule has 1 aliphatic rings. The number of carbonyl (C=O) groups is 2. The molecule has 156 valence electrons. The quantitative estimate of drug-likeness (QED) is 0.646. The van der Waals surface area contributed by atoms with Crippen LogP contribution in [0.2, 0.25) is 0 Å². The third-order valence-corrected chi connectivity index (χ3v) is 5.70. The zero-order valence-electron chi connectivity index (χ0n) is 17.2. The van der Waals surface area contributed by atoms with Crippen LogP contribution in [-0.2, 0) is 9.53 Å². The van der Waals surface area contributed by atoms with Crippen LogP contribution in [0.25, 0.3) is 10.8 Å². The second-order valence-electron chi connectivity index (χ2n) is 7.49. The van der Waals surface area contributed by atoms with Crippen molar-refractivity contribution in [2.24, 2.45) is 0 Å². The largest absolute Gasteiger partial charge is 0.450 e. The molecule has 1 fully saturated rings. The van der Waals surface area contributed by atoms with Gasteiger partial charge in [-0.05, 0) is 35.4 Å². The number of nitrogens with zero attached hydrogens (tertiary/aromatic N) is 3. The molecule has 1 atom stereocenters. The number of amides is 2. The van der Waals surface area contributed by atoms with Crippen LogP contribution in [0.4, 0.5) is 4.79 Å². The Morgan fingerprint density at radius 2 is 1.57 bits per heavy atom. The van der Waals surface area contributed by atoms with Crippen molar-refractivity contribution in [1.29, 1.82) is 0 Å². The van der Waals surface area contributed by atoms with Gasteiger partial charge >= 0.3 is 6.09 Å². The molecule has 0 N–H and O–H groups in total. The van der Waals surface area contributed by atoms with Crippen LogP contribution in [0, 0.1) is 0 Å². The number of benzene rings is 2. The Morgan fingerprint density at radius 1 is 0.900 bits per heavy atom. The molecule has 0 spiro atoms. The van der Waals surface area contributed by atoms with Gasteiger partial charge in [0.1, 0.15) is 0 Å². The highest BCUT2D eigenvalue weighted by molar-refractivity contribution is 5.87. The van der Waals surface area contributed by atoms with E-state index in [0.29, 0.717) is 39.2 Å². The van der Waals surface area contributed by atoms with Gasteiger partial charge in [0.2, 0.25) is 5.91 Å². The van der Waals surface area contributed by atoms with Crippen molar-refractivity contribution in [2.75, 3.05) is 32.8 Å². The Kier molecular flexibility index (Phi) is 6.02. The molecule has 1 aliphatic heterocycles. The highest BCUT2D eigenvalue weighted by Gasteiger charge is 2.27. The van der Waals surface area contributed by atoms with Crippen LogP contribution < -0.4 is 0 Å². The van der Waals surface area contributed by atoms with E-state index in [9.17, 15) is 9.59 Å². The Labute approximate surface area is 176 Å². The minimum atomic E-state index is -0.300. The number of fused-ring (bicyclic) bond motifs is 1. The van der Waals surface area contributed by atoms with Crippen LogP contribution in [0.1, 0.15) is 24.9 Å². The van der Waals surface area contributed by atoms with Gasteiger partial charge in [0.15, 0.2) is 0 Å². The van der Waals surface area contributed by atoms with E-state index in [1.807, 2.05) is 41.6 Å². The maximum atomic E-state index is 13.2. The summed E-state index contributed by atoms with van der Waals surface area (Å²) in [6, 6.07) is 18.4. The average Bonchev–Trinajstić information content (AvgIpc) is 3.32. The lowest BCUT2D eigenvalue weighted by atomic mass is 9.96. The second-order valence-corrected chi connectivity index (χ2v) is 7.49. The lowest BCUT2D eigenvalue weighted by molar-refractivity contribution is -0.133. The summed E-state index contributed by atoms with van der Waals surface area (Å²) in [6.45, 7) is 4.24. The monoisotopic (exact) mass is 405 g/mol. The van der Waals surface area contributed by atoms with E-state index >= 15 is 0 Å². The first-order chi connectivity index (χ1) is 14.7. The van der Waals surface area contributed by atoms with E-state index in [1.165, 1.54) is 10.8 Å². The van der Waals surface area contributed by atoms with Gasteiger partial charge in [-0.3, -0.25) is 4.79 Å². The van der Waals surface area contributed by atoms with Crippen molar-refractivity contribution in [3.63, 3.8) is 0 Å². The topological polar surface area (TPSA) is 54.8 Å². The van der Waals surface area contributed by atoms with Crippen LogP contribution in [0.15, 0.2) is 67.0 Å². The molecule has 0 radical (unpaired) electrons. The van der Waals surface area contributed by atoms with Crippen LogP contribution in [0.5, 0.6) is 0 Å². The van der Waals surface area contributed by atoms with Crippen LogP contribution >= 0.6 is 0 Å². The summed E-state index contributed by atoms with van der Waals surface area (Å²) < 4.78 is 7.18. The van der Waals surface area contributed by atoms with E-state index in [-0.39, 0.29) is 18.0 Å². The fraction of sp³-hybridized carbons (Fsp3) is 0.333. The van der Waals surface area contributed by atoms with Crippen molar-refractivity contribution in [3.05, 3.63) is 72.6 Å². The number of carbonyl (C=O) groups excluding carboxylic acids is 2. The van der Waals surface area contributed by atoms with E-state index in [4.69, 9.17) is 4.74 Å². The van der Waals surface area contributed by atoms with Gasteiger partial charge in [0.25, 0.3) is 0 Å². The maximum Gasteiger partial charge on any atom is 0.409 e. The standard InChI is InChI=1S/C24H27N3O3/c1-2-30-24(29)27-16-14-26(15-17-27)23(28)18-22(25-12-5-6-13-25)21-11-7-9-19-8-3-4-10-20(19)21/h3-13,22H,2,14-18H2,1H3/t22-/m0/s1. The number of aromatic nitrogens is 1. The first-order valence-corrected chi connectivity index (χ1v) is 10.5. The molecule has 2 heterocycles. The van der Waals surface area contributed by atoms with Crippen molar-refractivity contribution in [2.45, 2.75) is 19.4 Å². The molecule has 2 amide bonds. The fourth-order valence-corrected chi connectivity index (χ4v) is 4.12. The Bertz CT molecular complexity index is 1000. The highest BCUT2D eigenvalue weighted by atomic mass is 16.6. The molecule has 4 rings (SSSR count). The minimum Gasteiger partial charge on any atom is -0.450 e. The Hall–Kier alpha value is -3.28. The van der Waals surface area contributed by atoms with Gasteiger partial charge in [-0.15, -0.1) is 0 Å². The molecule has 1 saturated heterocycles. The molecular formula is C24H27N3O3. The summed E-state index contributed by atoms with van der Waals surface area (Å²) in [5, 5.41) is 2.33. The molecule has 2 aromatic carbocycles. The summed E-state index contributed by atoms with van der Waals surface area (Å²) in [5.74, 6) is 0.102. The highest BCUT2D eigenvalue weighted by Crippen LogP contribution is 2.30. The molecule has 1 aromatic heterocycles. The molecule has 0 aliphatic carbocycles. The molecule has 6 nitrogen and oxygen atoms in total. The molecule has 6 heteroatoms. The number of piperazine rings is 1. The third-order valence-electron chi connectivity index (χ3n) is 5.70. The van der Waals surface area contributed by atoms with E-state index < -0.39 is 0 Å². The Balaban J connectivity index is 1.53.